The second-order valence-electron chi connectivity index (χ2n) is 8.41. The van der Waals surface area contributed by atoms with Gasteiger partial charge in [-0.05, 0) is 34.1 Å². The number of nitrogens with one attached hydrogen (secondary N) is 1. The van der Waals surface area contributed by atoms with E-state index in [9.17, 15) is 19.5 Å². The average molecular weight is 447 g/mol. The summed E-state index contributed by atoms with van der Waals surface area (Å²) in [7, 11) is 0. The summed E-state index contributed by atoms with van der Waals surface area (Å²) in [5, 5.41) is 12.4. The SMILES string of the molecule is CCOC(=O)[C@H]1[C@H]2C(=O)N(CCO)C(C(=O)NC(C)(C)C)C23CC(Br)[C@@H]1O3. The van der Waals surface area contributed by atoms with Crippen molar-refractivity contribution in [2.24, 2.45) is 11.8 Å². The van der Waals surface area contributed by atoms with E-state index in [2.05, 4.69) is 21.2 Å². The first-order valence-corrected chi connectivity index (χ1v) is 10.2. The lowest BCUT2D eigenvalue weighted by molar-refractivity contribution is -0.154. The second-order valence-corrected chi connectivity index (χ2v) is 9.59. The lowest BCUT2D eigenvalue weighted by atomic mass is 9.70. The molecule has 0 aliphatic carbocycles. The monoisotopic (exact) mass is 446 g/mol. The first-order chi connectivity index (χ1) is 12.6. The van der Waals surface area contributed by atoms with Crippen LogP contribution in [0.1, 0.15) is 34.1 Å². The number of aliphatic hydroxyl groups excluding tert-OH is 1. The van der Waals surface area contributed by atoms with Gasteiger partial charge in [0.05, 0.1) is 31.2 Å². The first-order valence-electron chi connectivity index (χ1n) is 9.29. The zero-order chi connectivity index (χ0) is 20.1. The Morgan fingerprint density at radius 2 is 2.11 bits per heavy atom. The molecule has 0 aromatic rings. The fraction of sp³-hybridized carbons (Fsp3) is 0.833. The lowest BCUT2D eigenvalue weighted by Gasteiger charge is -2.35. The molecular weight excluding hydrogens is 420 g/mol. The highest BCUT2D eigenvalue weighted by Gasteiger charge is 2.76. The summed E-state index contributed by atoms with van der Waals surface area (Å²) in [6.07, 6.45) is -0.0760. The average Bonchev–Trinajstić information content (AvgIpc) is 3.11. The van der Waals surface area contributed by atoms with Crippen molar-refractivity contribution in [1.29, 1.82) is 0 Å². The number of esters is 1. The Morgan fingerprint density at radius 3 is 2.67 bits per heavy atom. The number of carbonyl (C=O) groups is 3. The number of halogens is 1. The number of aliphatic hydroxyl groups is 1. The molecule has 3 aliphatic rings. The molecule has 9 heteroatoms. The maximum atomic E-state index is 13.2. The number of β-amino-alcohol motifs (C(OH)–C–C–N with tert-alkyl or cyclic N) is 1. The number of amides is 2. The quantitative estimate of drug-likeness (QED) is 0.461. The molecule has 3 aliphatic heterocycles. The van der Waals surface area contributed by atoms with E-state index in [1.54, 1.807) is 6.92 Å². The molecule has 3 heterocycles. The van der Waals surface area contributed by atoms with Crippen LogP contribution < -0.4 is 5.32 Å². The molecule has 0 saturated carbocycles. The van der Waals surface area contributed by atoms with Gasteiger partial charge in [0.1, 0.15) is 11.6 Å². The van der Waals surface area contributed by atoms with Crippen LogP contribution in [0.3, 0.4) is 0 Å². The van der Waals surface area contributed by atoms with E-state index in [1.807, 2.05) is 20.8 Å². The van der Waals surface area contributed by atoms with E-state index in [0.29, 0.717) is 6.42 Å². The minimum Gasteiger partial charge on any atom is -0.466 e. The van der Waals surface area contributed by atoms with Gasteiger partial charge in [-0.2, -0.15) is 0 Å². The predicted octanol–water partition coefficient (Wildman–Crippen LogP) is 0.205. The van der Waals surface area contributed by atoms with Crippen molar-refractivity contribution in [3.63, 3.8) is 0 Å². The molecule has 0 radical (unpaired) electrons. The van der Waals surface area contributed by atoms with Crippen LogP contribution >= 0.6 is 15.9 Å². The summed E-state index contributed by atoms with van der Waals surface area (Å²) in [5.41, 5.74) is -1.59. The number of fused-ring (bicyclic) bond motifs is 1. The van der Waals surface area contributed by atoms with Gasteiger partial charge in [-0.1, -0.05) is 15.9 Å². The van der Waals surface area contributed by atoms with Gasteiger partial charge in [0.2, 0.25) is 11.8 Å². The number of rotatable bonds is 5. The van der Waals surface area contributed by atoms with Crippen LogP contribution in [0.5, 0.6) is 0 Å². The van der Waals surface area contributed by atoms with E-state index < -0.39 is 41.1 Å². The number of hydrogen-bond acceptors (Lipinski definition) is 6. The molecular formula is C18H27BrN2O6. The fourth-order valence-electron chi connectivity index (χ4n) is 4.72. The number of hydrogen-bond donors (Lipinski definition) is 2. The summed E-state index contributed by atoms with van der Waals surface area (Å²) in [5.74, 6) is -2.69. The smallest absolute Gasteiger partial charge is 0.312 e. The first kappa shape index (κ1) is 20.5. The van der Waals surface area contributed by atoms with E-state index in [0.717, 1.165) is 0 Å². The van der Waals surface area contributed by atoms with Gasteiger partial charge in [0, 0.05) is 16.9 Å². The standard InChI is InChI=1S/C18H27BrN2O6/c1-5-26-16(25)10-11-15(24)21(6-7-22)13(14(23)20-17(2,3)4)18(11)8-9(19)12(10)27-18/h9-13,22H,5-8H2,1-4H3,(H,20,23)/t9?,10-,11-,12-,13?,18?/m0/s1. The van der Waals surface area contributed by atoms with Gasteiger partial charge in [0.15, 0.2) is 0 Å². The number of likely N-dealkylation sites (tertiary alicyclic amines) is 1. The number of carbonyl (C=O) groups excluding carboxylic acids is 3. The molecule has 3 rings (SSSR count). The molecule has 27 heavy (non-hydrogen) atoms. The summed E-state index contributed by atoms with van der Waals surface area (Å²) in [6.45, 7) is 7.21. The third-order valence-corrected chi connectivity index (χ3v) is 6.28. The van der Waals surface area contributed by atoms with Crippen molar-refractivity contribution in [3.8, 4) is 0 Å². The normalized spacial score (nSPS) is 37.5. The van der Waals surface area contributed by atoms with Gasteiger partial charge in [-0.25, -0.2) is 0 Å². The molecule has 2 bridgehead atoms. The molecule has 6 atom stereocenters. The van der Waals surface area contributed by atoms with Crippen molar-refractivity contribution >= 4 is 33.7 Å². The minimum atomic E-state index is -1.10. The van der Waals surface area contributed by atoms with Crippen molar-refractivity contribution in [2.45, 2.75) is 62.2 Å². The fourth-order valence-corrected chi connectivity index (χ4v) is 5.67. The Bertz CT molecular complexity index is 650. The van der Waals surface area contributed by atoms with Crippen molar-refractivity contribution in [3.05, 3.63) is 0 Å². The van der Waals surface area contributed by atoms with Crippen LogP contribution in [0.4, 0.5) is 0 Å². The molecule has 8 nitrogen and oxygen atoms in total. The van der Waals surface area contributed by atoms with Crippen molar-refractivity contribution in [2.75, 3.05) is 19.8 Å². The van der Waals surface area contributed by atoms with Crippen LogP contribution in [-0.2, 0) is 23.9 Å². The topological polar surface area (TPSA) is 105 Å². The van der Waals surface area contributed by atoms with Gasteiger partial charge in [0.25, 0.3) is 0 Å². The van der Waals surface area contributed by atoms with Crippen LogP contribution in [0.2, 0.25) is 0 Å². The Hall–Kier alpha value is -1.19. The van der Waals surface area contributed by atoms with Gasteiger partial charge in [-0.15, -0.1) is 0 Å². The summed E-state index contributed by atoms with van der Waals surface area (Å²) in [6, 6.07) is -0.897. The zero-order valence-corrected chi connectivity index (χ0v) is 17.6. The molecule has 2 amide bonds. The van der Waals surface area contributed by atoms with Gasteiger partial charge >= 0.3 is 5.97 Å². The highest BCUT2D eigenvalue weighted by molar-refractivity contribution is 9.09. The van der Waals surface area contributed by atoms with E-state index in [-0.39, 0.29) is 36.4 Å². The Balaban J connectivity index is 2.02. The predicted molar refractivity (Wildman–Crippen MR) is 99.0 cm³/mol. The molecule has 152 valence electrons. The molecule has 1 spiro atoms. The third kappa shape index (κ3) is 3.17. The minimum absolute atomic E-state index is 0.00976. The molecule has 0 aromatic carbocycles. The number of ether oxygens (including phenoxy) is 2. The Kier molecular flexibility index (Phi) is 5.33. The second kappa shape index (κ2) is 7.00. The van der Waals surface area contributed by atoms with Crippen molar-refractivity contribution < 1.29 is 29.0 Å². The Morgan fingerprint density at radius 1 is 1.44 bits per heavy atom. The summed E-state index contributed by atoms with van der Waals surface area (Å²) in [4.78, 5) is 40.1. The van der Waals surface area contributed by atoms with E-state index in [4.69, 9.17) is 9.47 Å². The maximum absolute atomic E-state index is 13.2. The van der Waals surface area contributed by atoms with Crippen LogP contribution in [-0.4, -0.2) is 75.7 Å². The molecule has 0 aromatic heterocycles. The largest absolute Gasteiger partial charge is 0.466 e. The number of nitrogens with zero attached hydrogens (tertiary/aromatic N) is 1. The molecule has 3 unspecified atom stereocenters. The Labute approximate surface area is 167 Å². The van der Waals surface area contributed by atoms with Gasteiger partial charge < -0.3 is 24.8 Å². The van der Waals surface area contributed by atoms with E-state index in [1.165, 1.54) is 4.90 Å². The lowest BCUT2D eigenvalue weighted by Crippen LogP contribution is -2.58. The maximum Gasteiger partial charge on any atom is 0.312 e. The van der Waals surface area contributed by atoms with E-state index >= 15 is 0 Å². The van der Waals surface area contributed by atoms with Gasteiger partial charge in [-0.3, -0.25) is 14.4 Å². The summed E-state index contributed by atoms with van der Waals surface area (Å²) >= 11 is 3.56. The highest BCUT2D eigenvalue weighted by atomic mass is 79.9. The zero-order valence-electron chi connectivity index (χ0n) is 16.0. The van der Waals surface area contributed by atoms with Crippen LogP contribution in [0.15, 0.2) is 0 Å². The molecule has 3 saturated heterocycles. The highest BCUT2D eigenvalue weighted by Crippen LogP contribution is 2.60. The van der Waals surface area contributed by atoms with Crippen LogP contribution in [0, 0.1) is 11.8 Å². The summed E-state index contributed by atoms with van der Waals surface area (Å²) < 4.78 is 11.4. The number of alkyl halides is 1. The molecule has 3 fully saturated rings. The van der Waals surface area contributed by atoms with Crippen molar-refractivity contribution in [1.82, 2.24) is 10.2 Å². The molecule has 2 N–H and O–H groups in total. The van der Waals surface area contributed by atoms with Crippen LogP contribution in [0.25, 0.3) is 0 Å². The third-order valence-electron chi connectivity index (χ3n) is 5.44.